The summed E-state index contributed by atoms with van der Waals surface area (Å²) in [5.41, 5.74) is 9.65. The quantitative estimate of drug-likeness (QED) is 0.415. The molecule has 1 unspecified atom stereocenters. The summed E-state index contributed by atoms with van der Waals surface area (Å²) in [4.78, 5) is 21.1. The maximum atomic E-state index is 9.16. The number of hydrogen-bond acceptors (Lipinski definition) is 10. The van der Waals surface area contributed by atoms with Crippen LogP contribution in [0.5, 0.6) is 0 Å². The zero-order valence-electron chi connectivity index (χ0n) is 18.4. The maximum absolute atomic E-state index is 9.16. The second kappa shape index (κ2) is 9.86. The van der Waals surface area contributed by atoms with E-state index in [2.05, 4.69) is 20.3 Å². The highest BCUT2D eigenvalue weighted by atomic mass is 35.5. The number of aromatic nitrogens is 4. The third-order valence-corrected chi connectivity index (χ3v) is 7.49. The van der Waals surface area contributed by atoms with Gasteiger partial charge in [0.15, 0.2) is 10.2 Å². The lowest BCUT2D eigenvalue weighted by molar-refractivity contribution is 0.303. The Kier molecular flexibility index (Phi) is 7.10. The van der Waals surface area contributed by atoms with Crippen LogP contribution in [0, 0.1) is 13.8 Å². The van der Waals surface area contributed by atoms with E-state index in [0.717, 1.165) is 21.2 Å². The second-order valence-electron chi connectivity index (χ2n) is 7.51. The van der Waals surface area contributed by atoms with Gasteiger partial charge < -0.3 is 15.3 Å². The third-order valence-electron chi connectivity index (χ3n) is 4.93. The first-order valence-electron chi connectivity index (χ1n) is 10.2. The van der Waals surface area contributed by atoms with Crippen LogP contribution in [0.25, 0.3) is 4.91 Å². The van der Waals surface area contributed by atoms with Crippen LogP contribution in [0.3, 0.4) is 0 Å². The molecule has 0 aliphatic carbocycles. The minimum absolute atomic E-state index is 0.0413. The first kappa shape index (κ1) is 23.8. The summed E-state index contributed by atoms with van der Waals surface area (Å²) in [6, 6.07) is 9.54. The summed E-state index contributed by atoms with van der Waals surface area (Å²) >= 11 is 9.15. The summed E-state index contributed by atoms with van der Waals surface area (Å²) in [5, 5.41) is 13.7. The minimum Gasteiger partial charge on any atom is -0.395 e. The number of hydrogen-bond donors (Lipinski definition) is 3. The van der Waals surface area contributed by atoms with Gasteiger partial charge in [0.2, 0.25) is 0 Å². The van der Waals surface area contributed by atoms with Crippen molar-refractivity contribution in [3.8, 4) is 0 Å². The average molecular weight is 502 g/mol. The molecule has 0 saturated carbocycles. The van der Waals surface area contributed by atoms with Crippen molar-refractivity contribution in [1.29, 1.82) is 0 Å². The number of benzene rings is 1. The molecule has 11 heteroatoms. The first-order chi connectivity index (χ1) is 15.8. The van der Waals surface area contributed by atoms with E-state index in [1.54, 1.807) is 6.20 Å². The Morgan fingerprint density at radius 1 is 1.24 bits per heavy atom. The SMILES string of the molecule is Cc1cc(C2=CNC(N)(c3ncc(N(C)CCO)nc3C)S2)nc(Sc2ccccc2Cl)n1. The van der Waals surface area contributed by atoms with Crippen molar-refractivity contribution in [2.45, 2.75) is 28.9 Å². The number of nitrogens with one attached hydrogen (secondary N) is 1. The van der Waals surface area contributed by atoms with E-state index in [4.69, 9.17) is 27.4 Å². The van der Waals surface area contributed by atoms with Crippen LogP contribution >= 0.6 is 35.1 Å². The van der Waals surface area contributed by atoms with Crippen LogP contribution < -0.4 is 16.0 Å². The number of halogens is 1. The van der Waals surface area contributed by atoms with Crippen molar-refractivity contribution in [2.24, 2.45) is 5.73 Å². The van der Waals surface area contributed by atoms with Crippen molar-refractivity contribution in [1.82, 2.24) is 25.3 Å². The number of aliphatic hydroxyl groups excluding tert-OH is 1. The number of aliphatic hydroxyl groups is 1. The van der Waals surface area contributed by atoms with E-state index in [-0.39, 0.29) is 6.61 Å². The van der Waals surface area contributed by atoms with E-state index in [1.807, 2.05) is 62.3 Å². The molecule has 1 atom stereocenters. The maximum Gasteiger partial charge on any atom is 0.193 e. The highest BCUT2D eigenvalue weighted by molar-refractivity contribution is 8.09. The molecule has 0 saturated heterocycles. The Morgan fingerprint density at radius 2 is 2.03 bits per heavy atom. The Hall–Kier alpha value is -2.37. The summed E-state index contributed by atoms with van der Waals surface area (Å²) in [6.45, 7) is 4.32. The normalized spacial score (nSPS) is 17.6. The first-order valence-corrected chi connectivity index (χ1v) is 12.2. The Bertz CT molecular complexity index is 1210. The average Bonchev–Trinajstić information content (AvgIpc) is 3.18. The highest BCUT2D eigenvalue weighted by Gasteiger charge is 2.37. The van der Waals surface area contributed by atoms with Gasteiger partial charge in [-0.15, -0.1) is 0 Å². The largest absolute Gasteiger partial charge is 0.395 e. The summed E-state index contributed by atoms with van der Waals surface area (Å²) in [5.74, 6) is 0.678. The lowest BCUT2D eigenvalue weighted by atomic mass is 10.2. The molecule has 3 heterocycles. The molecule has 172 valence electrons. The molecule has 4 N–H and O–H groups in total. The van der Waals surface area contributed by atoms with Gasteiger partial charge in [0.1, 0.15) is 11.5 Å². The Balaban J connectivity index is 1.56. The van der Waals surface area contributed by atoms with E-state index >= 15 is 0 Å². The second-order valence-corrected chi connectivity index (χ2v) is 10.2. The van der Waals surface area contributed by atoms with Crippen molar-refractivity contribution >= 4 is 45.8 Å². The predicted octanol–water partition coefficient (Wildman–Crippen LogP) is 3.52. The number of aryl methyl sites for hydroxylation is 2. The zero-order valence-corrected chi connectivity index (χ0v) is 20.8. The van der Waals surface area contributed by atoms with Gasteiger partial charge in [0.25, 0.3) is 0 Å². The molecule has 0 radical (unpaired) electrons. The standard InChI is InChI=1S/C22H24ClN7OS2/c1-13-10-16(29-21(27-13)32-17-7-5-4-6-15(17)23)18-11-26-22(24,33-18)20-14(2)28-19(12-25-20)30(3)8-9-31/h4-7,10-12,26,31H,8-9,24H2,1-3H3. The van der Waals surface area contributed by atoms with Gasteiger partial charge in [0.05, 0.1) is 34.1 Å². The number of nitrogens with zero attached hydrogens (tertiary/aromatic N) is 5. The predicted molar refractivity (Wildman–Crippen MR) is 134 cm³/mol. The molecule has 0 bridgehead atoms. The van der Waals surface area contributed by atoms with Crippen LogP contribution in [-0.4, -0.2) is 45.2 Å². The number of thioether (sulfide) groups is 1. The molecule has 8 nitrogen and oxygen atoms in total. The topological polar surface area (TPSA) is 113 Å². The van der Waals surface area contributed by atoms with Gasteiger partial charge in [-0.1, -0.05) is 35.5 Å². The van der Waals surface area contributed by atoms with Gasteiger partial charge in [0, 0.05) is 30.4 Å². The molecule has 2 aromatic heterocycles. The van der Waals surface area contributed by atoms with Crippen LogP contribution in [0.4, 0.5) is 5.82 Å². The number of anilines is 1. The molecule has 3 aromatic rings. The molecule has 0 spiro atoms. The highest BCUT2D eigenvalue weighted by Crippen LogP contribution is 2.44. The summed E-state index contributed by atoms with van der Waals surface area (Å²) in [7, 11) is 1.86. The molecule has 1 aromatic carbocycles. The van der Waals surface area contributed by atoms with Crippen molar-refractivity contribution in [3.63, 3.8) is 0 Å². The lowest BCUT2D eigenvalue weighted by Gasteiger charge is -2.26. The van der Waals surface area contributed by atoms with E-state index in [1.165, 1.54) is 23.5 Å². The molecule has 1 aliphatic heterocycles. The van der Waals surface area contributed by atoms with Crippen molar-refractivity contribution in [2.75, 3.05) is 25.1 Å². The van der Waals surface area contributed by atoms with Gasteiger partial charge in [-0.05, 0) is 43.8 Å². The minimum atomic E-state index is -0.977. The smallest absolute Gasteiger partial charge is 0.193 e. The van der Waals surface area contributed by atoms with Gasteiger partial charge in [-0.3, -0.25) is 10.7 Å². The van der Waals surface area contributed by atoms with Gasteiger partial charge in [-0.25, -0.2) is 15.0 Å². The van der Waals surface area contributed by atoms with Crippen LogP contribution in [-0.2, 0) is 4.99 Å². The molecule has 1 aliphatic rings. The molecule has 4 rings (SSSR count). The molecule has 33 heavy (non-hydrogen) atoms. The fourth-order valence-corrected chi connectivity index (χ4v) is 5.45. The van der Waals surface area contributed by atoms with Crippen LogP contribution in [0.1, 0.15) is 22.8 Å². The molecular weight excluding hydrogens is 478 g/mol. The van der Waals surface area contributed by atoms with Gasteiger partial charge >= 0.3 is 0 Å². The molecule has 0 fully saturated rings. The number of rotatable bonds is 7. The molecular formula is C22H24ClN7OS2. The van der Waals surface area contributed by atoms with E-state index < -0.39 is 4.99 Å². The lowest BCUT2D eigenvalue weighted by Crippen LogP contribution is -2.44. The van der Waals surface area contributed by atoms with E-state index in [0.29, 0.717) is 33.9 Å². The van der Waals surface area contributed by atoms with Crippen LogP contribution in [0.15, 0.2) is 52.8 Å². The Labute approximate surface area is 206 Å². The Morgan fingerprint density at radius 3 is 2.76 bits per heavy atom. The third kappa shape index (κ3) is 5.25. The fourth-order valence-electron chi connectivity index (χ4n) is 3.27. The fraction of sp³-hybridized carbons (Fsp3) is 0.273. The molecule has 0 amide bonds. The summed E-state index contributed by atoms with van der Waals surface area (Å²) in [6.07, 6.45) is 3.52. The van der Waals surface area contributed by atoms with Gasteiger partial charge in [-0.2, -0.15) is 0 Å². The monoisotopic (exact) mass is 501 g/mol. The summed E-state index contributed by atoms with van der Waals surface area (Å²) < 4.78 is 0. The number of nitrogens with two attached hydrogens (primary N) is 1. The van der Waals surface area contributed by atoms with Crippen LogP contribution in [0.2, 0.25) is 5.02 Å². The van der Waals surface area contributed by atoms with Crippen molar-refractivity contribution < 1.29 is 5.11 Å². The van der Waals surface area contributed by atoms with E-state index in [9.17, 15) is 0 Å². The van der Waals surface area contributed by atoms with Crippen molar-refractivity contribution in [3.05, 3.63) is 70.5 Å². The zero-order chi connectivity index (χ0) is 23.6. The number of likely N-dealkylation sites (N-methyl/N-ethyl adjacent to an activating group) is 1.